The van der Waals surface area contributed by atoms with Crippen LogP contribution in [-0.4, -0.2) is 31.7 Å². The molecule has 0 saturated heterocycles. The van der Waals surface area contributed by atoms with Crippen molar-refractivity contribution in [3.63, 3.8) is 0 Å². The Morgan fingerprint density at radius 1 is 1.50 bits per heavy atom. The fourth-order valence-electron chi connectivity index (χ4n) is 1.33. The van der Waals surface area contributed by atoms with Crippen molar-refractivity contribution in [2.75, 3.05) is 11.6 Å². The summed E-state index contributed by atoms with van der Waals surface area (Å²) < 4.78 is 2.19. The summed E-state index contributed by atoms with van der Waals surface area (Å²) in [7, 11) is 0. The zero-order valence-corrected chi connectivity index (χ0v) is 11.5. The summed E-state index contributed by atoms with van der Waals surface area (Å²) in [5.41, 5.74) is 0.807. The second-order valence-corrected chi connectivity index (χ2v) is 5.23. The molecular formula is C10H9BrN4O2S. The molecule has 0 atom stereocenters. The molecule has 2 aromatic rings. The third kappa shape index (κ3) is 2.82. The number of hydrogen-bond acceptors (Lipinski definition) is 5. The maximum Gasteiger partial charge on any atom is 0.313 e. The highest BCUT2D eigenvalue weighted by molar-refractivity contribution is 9.10. The first kappa shape index (κ1) is 12.9. The monoisotopic (exact) mass is 328 g/mol. The van der Waals surface area contributed by atoms with Crippen LogP contribution >= 0.6 is 27.7 Å². The molecule has 94 valence electrons. The average molecular weight is 329 g/mol. The van der Waals surface area contributed by atoms with Crippen molar-refractivity contribution in [2.45, 2.75) is 5.16 Å². The summed E-state index contributed by atoms with van der Waals surface area (Å²) in [6.45, 7) is 0. The van der Waals surface area contributed by atoms with Gasteiger partial charge in [0.2, 0.25) is 5.16 Å². The number of aromatic nitrogens is 3. The molecule has 3 N–H and O–H groups in total. The predicted octanol–water partition coefficient (Wildman–Crippen LogP) is 1.60. The Morgan fingerprint density at radius 3 is 2.94 bits per heavy atom. The topological polar surface area (TPSA) is 94.0 Å². The Labute approximate surface area is 115 Å². The lowest BCUT2D eigenvalue weighted by Gasteiger charge is -2.03. The molecule has 0 aliphatic heterocycles. The van der Waals surface area contributed by atoms with Crippen LogP contribution in [-0.2, 0) is 4.79 Å². The van der Waals surface area contributed by atoms with Gasteiger partial charge < -0.3 is 10.9 Å². The van der Waals surface area contributed by atoms with E-state index in [0.29, 0.717) is 11.0 Å². The molecular weight excluding hydrogens is 320 g/mol. The number of nitrogens with zero attached hydrogens (tertiary/aromatic N) is 3. The van der Waals surface area contributed by atoms with Gasteiger partial charge in [0.05, 0.1) is 5.75 Å². The van der Waals surface area contributed by atoms with Crippen LogP contribution in [0.5, 0.6) is 0 Å². The maximum absolute atomic E-state index is 10.5. The molecule has 0 bridgehead atoms. The molecule has 1 aromatic heterocycles. The van der Waals surface area contributed by atoms with Gasteiger partial charge in [0.1, 0.15) is 0 Å². The molecule has 0 fully saturated rings. The van der Waals surface area contributed by atoms with Crippen LogP contribution in [0, 0.1) is 0 Å². The van der Waals surface area contributed by atoms with Gasteiger partial charge in [0, 0.05) is 10.0 Å². The summed E-state index contributed by atoms with van der Waals surface area (Å²) in [6.07, 6.45) is 0. The molecule has 0 spiro atoms. The van der Waals surface area contributed by atoms with Gasteiger partial charge in [0.15, 0.2) is 5.82 Å². The number of carboxylic acids is 1. The number of thioether (sulfide) groups is 1. The van der Waals surface area contributed by atoms with Crippen LogP contribution in [0.15, 0.2) is 33.9 Å². The van der Waals surface area contributed by atoms with E-state index in [2.05, 4.69) is 26.1 Å². The highest BCUT2D eigenvalue weighted by Gasteiger charge is 2.13. The number of rotatable bonds is 4. The van der Waals surface area contributed by atoms with Gasteiger partial charge in [-0.2, -0.15) is 0 Å². The molecule has 0 aliphatic rings. The Bertz CT molecular complexity index is 587. The van der Waals surface area contributed by atoms with Crippen molar-refractivity contribution in [2.24, 2.45) is 0 Å². The largest absolute Gasteiger partial charge is 0.481 e. The normalized spacial score (nSPS) is 10.5. The summed E-state index contributed by atoms with van der Waals surface area (Å²) in [5.74, 6) is 5.30. The summed E-state index contributed by atoms with van der Waals surface area (Å²) in [6, 6.07) is 7.46. The van der Waals surface area contributed by atoms with Gasteiger partial charge in [0.25, 0.3) is 0 Å². The maximum atomic E-state index is 10.5. The molecule has 1 aromatic carbocycles. The van der Waals surface area contributed by atoms with Gasteiger partial charge in [-0.25, -0.2) is 4.68 Å². The van der Waals surface area contributed by atoms with Crippen molar-refractivity contribution in [1.82, 2.24) is 14.9 Å². The second-order valence-electron chi connectivity index (χ2n) is 3.37. The second kappa shape index (κ2) is 5.40. The highest BCUT2D eigenvalue weighted by Crippen LogP contribution is 2.23. The van der Waals surface area contributed by atoms with E-state index >= 15 is 0 Å². The zero-order chi connectivity index (χ0) is 13.1. The first-order chi connectivity index (χ1) is 8.58. The van der Waals surface area contributed by atoms with Crippen molar-refractivity contribution >= 4 is 33.7 Å². The van der Waals surface area contributed by atoms with Gasteiger partial charge in [-0.1, -0.05) is 39.8 Å². The lowest BCUT2D eigenvalue weighted by atomic mass is 10.2. The first-order valence-corrected chi connectivity index (χ1v) is 6.67. The number of benzene rings is 1. The standard InChI is InChI=1S/C10H9BrN4O2S/c11-7-3-1-2-6(4-7)9-13-14-10(15(9)12)18-5-8(16)17/h1-4H,5,12H2,(H,16,17). The predicted molar refractivity (Wildman–Crippen MR) is 71.7 cm³/mol. The van der Waals surface area contributed by atoms with Crippen LogP contribution in [0.2, 0.25) is 0 Å². The van der Waals surface area contributed by atoms with Crippen molar-refractivity contribution in [1.29, 1.82) is 0 Å². The average Bonchev–Trinajstić information content (AvgIpc) is 2.68. The van der Waals surface area contributed by atoms with E-state index in [1.165, 1.54) is 4.68 Å². The number of halogens is 1. The smallest absolute Gasteiger partial charge is 0.313 e. The van der Waals surface area contributed by atoms with Crippen molar-refractivity contribution in [3.05, 3.63) is 28.7 Å². The molecule has 0 unspecified atom stereocenters. The number of hydrogen-bond donors (Lipinski definition) is 2. The molecule has 6 nitrogen and oxygen atoms in total. The molecule has 2 rings (SSSR count). The number of aliphatic carboxylic acids is 1. The van der Waals surface area contributed by atoms with E-state index in [1.54, 1.807) is 0 Å². The summed E-state index contributed by atoms with van der Waals surface area (Å²) >= 11 is 4.39. The number of carboxylic acid groups (broad SMARTS) is 1. The molecule has 8 heteroatoms. The minimum absolute atomic E-state index is 0.103. The molecule has 0 radical (unpaired) electrons. The minimum atomic E-state index is -0.924. The van der Waals surface area contributed by atoms with E-state index in [9.17, 15) is 4.79 Å². The van der Waals surface area contributed by atoms with Crippen LogP contribution in [0.3, 0.4) is 0 Å². The van der Waals surface area contributed by atoms with E-state index in [4.69, 9.17) is 10.9 Å². The number of nitrogens with two attached hydrogens (primary N) is 1. The lowest BCUT2D eigenvalue weighted by Crippen LogP contribution is -2.12. The van der Waals surface area contributed by atoms with Gasteiger partial charge >= 0.3 is 5.97 Å². The van der Waals surface area contributed by atoms with Gasteiger partial charge in [-0.15, -0.1) is 10.2 Å². The molecule has 0 saturated carbocycles. The quantitative estimate of drug-likeness (QED) is 0.654. The highest BCUT2D eigenvalue weighted by atomic mass is 79.9. The third-order valence-electron chi connectivity index (χ3n) is 2.07. The Morgan fingerprint density at radius 2 is 2.28 bits per heavy atom. The van der Waals surface area contributed by atoms with Gasteiger partial charge in [-0.3, -0.25) is 4.79 Å². The Balaban J connectivity index is 2.28. The molecule has 18 heavy (non-hydrogen) atoms. The summed E-state index contributed by atoms with van der Waals surface area (Å²) in [5, 5.41) is 16.8. The lowest BCUT2D eigenvalue weighted by molar-refractivity contribution is -0.133. The Hall–Kier alpha value is -1.54. The van der Waals surface area contributed by atoms with Crippen LogP contribution in [0.25, 0.3) is 11.4 Å². The fourth-order valence-corrected chi connectivity index (χ4v) is 2.30. The number of carbonyl (C=O) groups is 1. The third-order valence-corrected chi connectivity index (χ3v) is 3.49. The van der Waals surface area contributed by atoms with E-state index in [1.807, 2.05) is 24.3 Å². The SMILES string of the molecule is Nn1c(SCC(=O)O)nnc1-c1cccc(Br)c1. The van der Waals surface area contributed by atoms with Crippen molar-refractivity contribution < 1.29 is 9.90 Å². The molecule has 0 amide bonds. The van der Waals surface area contributed by atoms with Crippen LogP contribution in [0.1, 0.15) is 0 Å². The minimum Gasteiger partial charge on any atom is -0.481 e. The first-order valence-electron chi connectivity index (χ1n) is 4.89. The van der Waals surface area contributed by atoms with Crippen LogP contribution in [0.4, 0.5) is 0 Å². The summed E-state index contributed by atoms with van der Waals surface area (Å²) in [4.78, 5) is 10.5. The van der Waals surface area contributed by atoms with Crippen molar-refractivity contribution in [3.8, 4) is 11.4 Å². The van der Waals surface area contributed by atoms with E-state index in [-0.39, 0.29) is 5.75 Å². The number of nitrogen functional groups attached to an aromatic ring is 1. The van der Waals surface area contributed by atoms with E-state index in [0.717, 1.165) is 21.8 Å². The fraction of sp³-hybridized carbons (Fsp3) is 0.100. The zero-order valence-electron chi connectivity index (χ0n) is 9.08. The molecule has 0 aliphatic carbocycles. The van der Waals surface area contributed by atoms with Gasteiger partial charge in [-0.05, 0) is 12.1 Å². The Kier molecular flexibility index (Phi) is 3.87. The molecule has 1 heterocycles. The van der Waals surface area contributed by atoms with E-state index < -0.39 is 5.97 Å². The van der Waals surface area contributed by atoms with Crippen LogP contribution < -0.4 is 5.84 Å².